The van der Waals surface area contributed by atoms with Crippen LogP contribution < -0.4 is 0 Å². The van der Waals surface area contributed by atoms with Crippen molar-refractivity contribution in [1.29, 1.82) is 0 Å². The van der Waals surface area contributed by atoms with Crippen LogP contribution in [0.2, 0.25) is 0 Å². The molecular formula is C16H24N2O. The second kappa shape index (κ2) is 6.20. The average molecular weight is 260 g/mol. The van der Waals surface area contributed by atoms with Gasteiger partial charge in [0, 0.05) is 32.1 Å². The Morgan fingerprint density at radius 3 is 2.58 bits per heavy atom. The van der Waals surface area contributed by atoms with E-state index in [0.29, 0.717) is 18.4 Å². The third-order valence-electron chi connectivity index (χ3n) is 3.90. The monoisotopic (exact) mass is 260 g/mol. The Labute approximate surface area is 116 Å². The Bertz CT molecular complexity index is 427. The molecule has 0 spiro atoms. The molecule has 0 aliphatic carbocycles. The van der Waals surface area contributed by atoms with E-state index >= 15 is 0 Å². The van der Waals surface area contributed by atoms with Crippen molar-refractivity contribution >= 4 is 5.91 Å². The molecule has 0 saturated carbocycles. The van der Waals surface area contributed by atoms with Gasteiger partial charge >= 0.3 is 0 Å². The molecule has 1 aromatic carbocycles. The van der Waals surface area contributed by atoms with Crippen molar-refractivity contribution in [2.45, 2.75) is 32.7 Å². The maximum absolute atomic E-state index is 12.3. The van der Waals surface area contributed by atoms with Gasteiger partial charge < -0.3 is 9.80 Å². The topological polar surface area (TPSA) is 23.6 Å². The summed E-state index contributed by atoms with van der Waals surface area (Å²) in [5.41, 5.74) is 2.52. The smallest absolute Gasteiger partial charge is 0.223 e. The van der Waals surface area contributed by atoms with Crippen LogP contribution in [-0.4, -0.2) is 48.4 Å². The van der Waals surface area contributed by atoms with E-state index in [9.17, 15) is 4.79 Å². The Balaban J connectivity index is 1.85. The van der Waals surface area contributed by atoms with Crippen LogP contribution in [0.1, 0.15) is 24.5 Å². The number of hydrogen-bond donors (Lipinski definition) is 0. The van der Waals surface area contributed by atoms with Crippen LogP contribution in [0.4, 0.5) is 0 Å². The number of nitrogens with zero attached hydrogens (tertiary/aromatic N) is 2. The minimum atomic E-state index is 0.293. The van der Waals surface area contributed by atoms with Crippen molar-refractivity contribution in [3.05, 3.63) is 35.4 Å². The highest BCUT2D eigenvalue weighted by Crippen LogP contribution is 2.12. The molecule has 1 saturated heterocycles. The molecule has 1 atom stereocenters. The summed E-state index contributed by atoms with van der Waals surface area (Å²) in [7, 11) is 2.12. The molecule has 0 radical (unpaired) electrons. The minimum Gasteiger partial charge on any atom is -0.337 e. The highest BCUT2D eigenvalue weighted by molar-refractivity contribution is 5.77. The minimum absolute atomic E-state index is 0.293. The summed E-state index contributed by atoms with van der Waals surface area (Å²) >= 11 is 0. The summed E-state index contributed by atoms with van der Waals surface area (Å²) in [6, 6.07) is 8.80. The molecule has 1 aromatic rings. The molecule has 1 aliphatic rings. The molecule has 0 aromatic heterocycles. The number of benzene rings is 1. The first-order valence-electron chi connectivity index (χ1n) is 7.10. The zero-order chi connectivity index (χ0) is 13.8. The summed E-state index contributed by atoms with van der Waals surface area (Å²) in [4.78, 5) is 16.6. The number of rotatable bonds is 3. The van der Waals surface area contributed by atoms with Crippen LogP contribution in [0, 0.1) is 6.92 Å². The molecular weight excluding hydrogens is 236 g/mol. The van der Waals surface area contributed by atoms with Crippen molar-refractivity contribution in [1.82, 2.24) is 9.80 Å². The summed E-state index contributed by atoms with van der Waals surface area (Å²) in [5, 5.41) is 0. The van der Waals surface area contributed by atoms with Crippen LogP contribution in [0.3, 0.4) is 0 Å². The highest BCUT2D eigenvalue weighted by atomic mass is 16.2. The van der Waals surface area contributed by atoms with Gasteiger partial charge in [-0.25, -0.2) is 0 Å². The third kappa shape index (κ3) is 3.80. The van der Waals surface area contributed by atoms with Crippen LogP contribution in [0.5, 0.6) is 0 Å². The molecule has 1 aliphatic heterocycles. The maximum atomic E-state index is 12.3. The van der Waals surface area contributed by atoms with Gasteiger partial charge in [-0.05, 0) is 32.9 Å². The SMILES string of the molecule is Cc1ccc(CCC(=O)N2CCN(C)CC2C)cc1. The second-order valence-electron chi connectivity index (χ2n) is 5.68. The van der Waals surface area contributed by atoms with Crippen LogP contribution >= 0.6 is 0 Å². The first-order chi connectivity index (χ1) is 9.06. The number of likely N-dealkylation sites (N-methyl/N-ethyl adjacent to an activating group) is 1. The lowest BCUT2D eigenvalue weighted by Gasteiger charge is -2.38. The van der Waals surface area contributed by atoms with Crippen molar-refractivity contribution in [3.8, 4) is 0 Å². The number of hydrogen-bond acceptors (Lipinski definition) is 2. The fraction of sp³-hybridized carbons (Fsp3) is 0.562. The molecule has 1 heterocycles. The Morgan fingerprint density at radius 2 is 1.95 bits per heavy atom. The largest absolute Gasteiger partial charge is 0.337 e. The Hall–Kier alpha value is -1.35. The van der Waals surface area contributed by atoms with Crippen molar-refractivity contribution in [2.75, 3.05) is 26.7 Å². The van der Waals surface area contributed by atoms with Gasteiger partial charge in [-0.3, -0.25) is 4.79 Å². The van der Waals surface area contributed by atoms with Crippen molar-refractivity contribution in [2.24, 2.45) is 0 Å². The fourth-order valence-corrected chi connectivity index (χ4v) is 2.66. The third-order valence-corrected chi connectivity index (χ3v) is 3.90. The zero-order valence-electron chi connectivity index (χ0n) is 12.2. The van der Waals surface area contributed by atoms with E-state index in [1.165, 1.54) is 11.1 Å². The second-order valence-corrected chi connectivity index (χ2v) is 5.68. The molecule has 1 amide bonds. The van der Waals surface area contributed by atoms with E-state index in [1.54, 1.807) is 0 Å². The molecule has 104 valence electrons. The van der Waals surface area contributed by atoms with Crippen LogP contribution in [0.25, 0.3) is 0 Å². The number of amides is 1. The fourth-order valence-electron chi connectivity index (χ4n) is 2.66. The standard InChI is InChI=1S/C16H24N2O/c1-13-4-6-15(7-5-13)8-9-16(19)18-11-10-17(3)12-14(18)2/h4-7,14H,8-12H2,1-3H3. The molecule has 2 rings (SSSR count). The first-order valence-corrected chi connectivity index (χ1v) is 7.10. The number of carbonyl (C=O) groups is 1. The first kappa shape index (κ1) is 14.1. The quantitative estimate of drug-likeness (QED) is 0.831. The Morgan fingerprint density at radius 1 is 1.26 bits per heavy atom. The van der Waals surface area contributed by atoms with Crippen LogP contribution in [0.15, 0.2) is 24.3 Å². The summed E-state index contributed by atoms with van der Waals surface area (Å²) in [6.07, 6.45) is 1.47. The summed E-state index contributed by atoms with van der Waals surface area (Å²) < 4.78 is 0. The Kier molecular flexibility index (Phi) is 4.59. The normalized spacial score (nSPS) is 20.6. The number of aryl methyl sites for hydroxylation is 2. The van der Waals surface area contributed by atoms with Gasteiger partial charge in [-0.15, -0.1) is 0 Å². The molecule has 1 fully saturated rings. The van der Waals surface area contributed by atoms with Crippen LogP contribution in [-0.2, 0) is 11.2 Å². The van der Waals surface area contributed by atoms with Gasteiger partial charge in [-0.2, -0.15) is 0 Å². The number of carbonyl (C=O) groups excluding carboxylic acids is 1. The van der Waals surface area contributed by atoms with Gasteiger partial charge in [0.15, 0.2) is 0 Å². The maximum Gasteiger partial charge on any atom is 0.223 e. The molecule has 3 heteroatoms. The lowest BCUT2D eigenvalue weighted by molar-refractivity contribution is -0.135. The lowest BCUT2D eigenvalue weighted by Crippen LogP contribution is -2.52. The summed E-state index contributed by atoms with van der Waals surface area (Å²) in [5.74, 6) is 0.293. The molecule has 19 heavy (non-hydrogen) atoms. The number of piperazine rings is 1. The van der Waals surface area contributed by atoms with Gasteiger partial charge in [0.25, 0.3) is 0 Å². The molecule has 1 unspecified atom stereocenters. The lowest BCUT2D eigenvalue weighted by atomic mass is 10.1. The molecule has 0 N–H and O–H groups in total. The van der Waals surface area contributed by atoms with E-state index in [-0.39, 0.29) is 0 Å². The van der Waals surface area contributed by atoms with Gasteiger partial charge in [-0.1, -0.05) is 29.8 Å². The zero-order valence-corrected chi connectivity index (χ0v) is 12.2. The predicted molar refractivity (Wildman–Crippen MR) is 78.2 cm³/mol. The van der Waals surface area contributed by atoms with E-state index in [2.05, 4.69) is 50.1 Å². The summed E-state index contributed by atoms with van der Waals surface area (Å²) in [6.45, 7) is 7.06. The van der Waals surface area contributed by atoms with E-state index in [1.807, 2.05) is 4.90 Å². The van der Waals surface area contributed by atoms with Gasteiger partial charge in [0.05, 0.1) is 0 Å². The highest BCUT2D eigenvalue weighted by Gasteiger charge is 2.25. The van der Waals surface area contributed by atoms with Crippen molar-refractivity contribution in [3.63, 3.8) is 0 Å². The average Bonchev–Trinajstić information content (AvgIpc) is 2.37. The van der Waals surface area contributed by atoms with E-state index in [4.69, 9.17) is 0 Å². The molecule has 3 nitrogen and oxygen atoms in total. The predicted octanol–water partition coefficient (Wildman–Crippen LogP) is 2.09. The van der Waals surface area contributed by atoms with E-state index < -0.39 is 0 Å². The van der Waals surface area contributed by atoms with Crippen molar-refractivity contribution < 1.29 is 4.79 Å². The van der Waals surface area contributed by atoms with E-state index in [0.717, 1.165) is 26.1 Å². The van der Waals surface area contributed by atoms with Gasteiger partial charge in [0.1, 0.15) is 0 Å². The van der Waals surface area contributed by atoms with Gasteiger partial charge in [0.2, 0.25) is 5.91 Å². The molecule has 0 bridgehead atoms.